The van der Waals surface area contributed by atoms with Crippen molar-refractivity contribution in [3.05, 3.63) is 15.9 Å². The van der Waals surface area contributed by atoms with Crippen LogP contribution in [0.25, 0.3) is 0 Å². The predicted octanol–water partition coefficient (Wildman–Crippen LogP) is 0.233. The Hall–Kier alpha value is -2.16. The van der Waals surface area contributed by atoms with E-state index in [-0.39, 0.29) is 12.2 Å². The van der Waals surface area contributed by atoms with Crippen molar-refractivity contribution >= 4 is 17.6 Å². The van der Waals surface area contributed by atoms with Crippen LogP contribution in [-0.4, -0.2) is 63.2 Å². The van der Waals surface area contributed by atoms with Crippen LogP contribution in [0.4, 0.5) is 11.6 Å². The minimum absolute atomic E-state index is 0.116. The number of rotatable bonds is 5. The van der Waals surface area contributed by atoms with Gasteiger partial charge in [0.05, 0.1) is 6.42 Å². The Labute approximate surface area is 121 Å². The lowest BCUT2D eigenvalue weighted by molar-refractivity contribution is -0.388. The zero-order valence-electron chi connectivity index (χ0n) is 12.2. The van der Waals surface area contributed by atoms with E-state index in [1.54, 1.807) is 18.5 Å². The summed E-state index contributed by atoms with van der Waals surface area (Å²) >= 11 is 0. The first kappa shape index (κ1) is 15.2. The summed E-state index contributed by atoms with van der Waals surface area (Å²) in [6, 6.07) is 0. The highest BCUT2D eigenvalue weighted by molar-refractivity contribution is 5.66. The van der Waals surface area contributed by atoms with Crippen molar-refractivity contribution in [2.24, 2.45) is 7.05 Å². The fourth-order valence-corrected chi connectivity index (χ4v) is 2.49. The van der Waals surface area contributed by atoms with Crippen LogP contribution in [0.3, 0.4) is 0 Å². The summed E-state index contributed by atoms with van der Waals surface area (Å²) in [6.07, 6.45) is 0.116. The largest absolute Gasteiger partial charge is 0.481 e. The second kappa shape index (κ2) is 6.08. The average Bonchev–Trinajstić information content (AvgIpc) is 2.74. The number of hydrogen-bond acceptors (Lipinski definition) is 6. The predicted molar refractivity (Wildman–Crippen MR) is 75.5 cm³/mol. The molecule has 116 valence electrons. The summed E-state index contributed by atoms with van der Waals surface area (Å²) in [6.45, 7) is 4.87. The van der Waals surface area contributed by atoms with Gasteiger partial charge in [-0.05, 0) is 9.91 Å². The number of nitrogens with zero attached hydrogens (tertiary/aromatic N) is 5. The van der Waals surface area contributed by atoms with Gasteiger partial charge in [0, 0.05) is 46.7 Å². The van der Waals surface area contributed by atoms with Crippen molar-refractivity contribution in [1.29, 1.82) is 0 Å². The summed E-state index contributed by atoms with van der Waals surface area (Å²) in [4.78, 5) is 29.2. The lowest BCUT2D eigenvalue weighted by atomic mass is 10.3. The first-order valence-electron chi connectivity index (χ1n) is 6.77. The molecule has 1 aliphatic heterocycles. The maximum absolute atomic E-state index is 11.1. The minimum atomic E-state index is -0.810. The molecule has 0 spiro atoms. The summed E-state index contributed by atoms with van der Waals surface area (Å²) in [5.74, 6) is 0.199. The van der Waals surface area contributed by atoms with Crippen LogP contribution >= 0.6 is 0 Å². The highest BCUT2D eigenvalue weighted by Gasteiger charge is 2.30. The number of carbonyl (C=O) groups is 1. The lowest BCUT2D eigenvalue weighted by Crippen LogP contribution is -2.47. The van der Waals surface area contributed by atoms with E-state index in [4.69, 9.17) is 5.11 Å². The molecule has 0 saturated carbocycles. The molecule has 1 aliphatic rings. The zero-order valence-corrected chi connectivity index (χ0v) is 12.2. The molecule has 1 aromatic heterocycles. The van der Waals surface area contributed by atoms with E-state index >= 15 is 0 Å². The van der Waals surface area contributed by atoms with E-state index < -0.39 is 10.9 Å². The normalized spacial score (nSPS) is 16.2. The van der Waals surface area contributed by atoms with Crippen molar-refractivity contribution in [2.45, 2.75) is 13.3 Å². The van der Waals surface area contributed by atoms with Gasteiger partial charge in [-0.15, -0.1) is 0 Å². The molecule has 0 atom stereocenters. The smallest absolute Gasteiger partial charge is 0.406 e. The maximum atomic E-state index is 11.1. The Balaban J connectivity index is 2.05. The second-order valence-corrected chi connectivity index (χ2v) is 5.09. The fourth-order valence-electron chi connectivity index (χ4n) is 2.49. The highest BCUT2D eigenvalue weighted by Crippen LogP contribution is 2.28. The van der Waals surface area contributed by atoms with Crippen molar-refractivity contribution < 1.29 is 14.8 Å². The monoisotopic (exact) mass is 297 g/mol. The zero-order chi connectivity index (χ0) is 15.6. The number of carboxylic acids is 1. The molecular weight excluding hydrogens is 278 g/mol. The van der Waals surface area contributed by atoms with E-state index in [0.29, 0.717) is 44.4 Å². The molecular formula is C12H19N5O4. The molecule has 0 radical (unpaired) electrons. The minimum Gasteiger partial charge on any atom is -0.481 e. The third kappa shape index (κ3) is 3.30. The molecule has 2 heterocycles. The number of hydrogen-bond donors (Lipinski definition) is 1. The van der Waals surface area contributed by atoms with Crippen molar-refractivity contribution in [3.8, 4) is 0 Å². The molecule has 2 rings (SSSR count). The SMILES string of the molecule is Cc1nc([N+](=O)[O-])c(N2CCN(CCC(=O)O)CC2)n1C. The van der Waals surface area contributed by atoms with Crippen LogP contribution in [0.2, 0.25) is 0 Å². The quantitative estimate of drug-likeness (QED) is 0.612. The molecule has 0 aromatic carbocycles. The third-order valence-corrected chi connectivity index (χ3v) is 3.76. The van der Waals surface area contributed by atoms with Gasteiger partial charge < -0.3 is 20.1 Å². The van der Waals surface area contributed by atoms with E-state index in [0.717, 1.165) is 0 Å². The van der Waals surface area contributed by atoms with Gasteiger partial charge in [0.25, 0.3) is 0 Å². The number of carboxylic acid groups (broad SMARTS) is 1. The molecule has 9 heteroatoms. The Morgan fingerprint density at radius 2 is 2.00 bits per heavy atom. The molecule has 0 unspecified atom stereocenters. The van der Waals surface area contributed by atoms with Gasteiger partial charge in [-0.3, -0.25) is 14.3 Å². The first-order valence-corrected chi connectivity index (χ1v) is 6.77. The molecule has 21 heavy (non-hydrogen) atoms. The number of piperazine rings is 1. The van der Waals surface area contributed by atoms with E-state index in [2.05, 4.69) is 9.88 Å². The van der Waals surface area contributed by atoms with Crippen LogP contribution in [0.5, 0.6) is 0 Å². The van der Waals surface area contributed by atoms with Gasteiger partial charge in [-0.2, -0.15) is 0 Å². The molecule has 9 nitrogen and oxygen atoms in total. The fraction of sp³-hybridized carbons (Fsp3) is 0.667. The molecule has 1 N–H and O–H groups in total. The number of aliphatic carboxylic acids is 1. The van der Waals surface area contributed by atoms with Crippen LogP contribution in [0.1, 0.15) is 12.2 Å². The number of aryl methyl sites for hydroxylation is 1. The molecule has 0 aliphatic carbocycles. The van der Waals surface area contributed by atoms with Gasteiger partial charge in [0.15, 0.2) is 0 Å². The maximum Gasteiger partial charge on any atom is 0.406 e. The Bertz CT molecular complexity index is 548. The molecule has 0 amide bonds. The van der Waals surface area contributed by atoms with Crippen LogP contribution in [-0.2, 0) is 11.8 Å². The van der Waals surface area contributed by atoms with Gasteiger partial charge >= 0.3 is 11.8 Å². The van der Waals surface area contributed by atoms with Gasteiger partial charge in [-0.25, -0.2) is 0 Å². The molecule has 1 fully saturated rings. The number of nitro groups is 1. The number of imidazole rings is 1. The standard InChI is InChI=1S/C12H19N5O4/c1-9-13-11(17(20)21)12(14(9)2)16-7-5-15(6-8-16)4-3-10(18)19/h3-8H2,1-2H3,(H,18,19). The summed E-state index contributed by atoms with van der Waals surface area (Å²) < 4.78 is 1.73. The van der Waals surface area contributed by atoms with Gasteiger partial charge in [0.1, 0.15) is 0 Å². The van der Waals surface area contributed by atoms with Gasteiger partial charge in [0.2, 0.25) is 11.6 Å². The van der Waals surface area contributed by atoms with Crippen LogP contribution in [0, 0.1) is 17.0 Å². The van der Waals surface area contributed by atoms with Crippen LogP contribution in [0.15, 0.2) is 0 Å². The van der Waals surface area contributed by atoms with E-state index in [1.807, 2.05) is 4.90 Å². The van der Waals surface area contributed by atoms with Crippen LogP contribution < -0.4 is 4.90 Å². The van der Waals surface area contributed by atoms with Crippen molar-refractivity contribution in [1.82, 2.24) is 14.5 Å². The van der Waals surface area contributed by atoms with E-state index in [9.17, 15) is 14.9 Å². The average molecular weight is 297 g/mol. The molecule has 1 aromatic rings. The van der Waals surface area contributed by atoms with Crippen molar-refractivity contribution in [2.75, 3.05) is 37.6 Å². The lowest BCUT2D eigenvalue weighted by Gasteiger charge is -2.35. The Morgan fingerprint density at radius 1 is 1.38 bits per heavy atom. The first-order chi connectivity index (χ1) is 9.90. The summed E-state index contributed by atoms with van der Waals surface area (Å²) in [7, 11) is 1.77. The van der Waals surface area contributed by atoms with Gasteiger partial charge in [-0.1, -0.05) is 0 Å². The number of anilines is 1. The highest BCUT2D eigenvalue weighted by atomic mass is 16.6. The Kier molecular flexibility index (Phi) is 4.41. The topological polar surface area (TPSA) is 105 Å². The number of aromatic nitrogens is 2. The molecule has 0 bridgehead atoms. The van der Waals surface area contributed by atoms with E-state index in [1.165, 1.54) is 0 Å². The summed E-state index contributed by atoms with van der Waals surface area (Å²) in [5, 5.41) is 19.8. The summed E-state index contributed by atoms with van der Waals surface area (Å²) in [5.41, 5.74) is 0. The molecule has 1 saturated heterocycles. The van der Waals surface area contributed by atoms with Crippen molar-refractivity contribution in [3.63, 3.8) is 0 Å². The second-order valence-electron chi connectivity index (χ2n) is 5.09. The third-order valence-electron chi connectivity index (χ3n) is 3.76. The Morgan fingerprint density at radius 3 is 2.52 bits per heavy atom.